The van der Waals surface area contributed by atoms with Gasteiger partial charge in [-0.1, -0.05) is 12.1 Å². The predicted molar refractivity (Wildman–Crippen MR) is 85.1 cm³/mol. The highest BCUT2D eigenvalue weighted by Gasteiger charge is 2.15. The number of hydrogen-bond donors (Lipinski definition) is 2. The van der Waals surface area contributed by atoms with Crippen molar-refractivity contribution >= 4 is 29.0 Å². The Kier molecular flexibility index (Phi) is 4.85. The number of Topliss-reactive ketones (excluding diaryl/α,β-unsaturated/α-hetero) is 1. The monoisotopic (exact) mass is 314 g/mol. The van der Waals surface area contributed by atoms with Gasteiger partial charge in [0.2, 0.25) is 5.91 Å². The SMILES string of the molecule is CC(=O)Nc1ccc(F)c(C(=O)Nc2ccccc2C(C)=O)c1. The Hall–Kier alpha value is -3.02. The fourth-order valence-electron chi connectivity index (χ4n) is 2.07. The molecule has 0 aliphatic carbocycles. The van der Waals surface area contributed by atoms with E-state index in [9.17, 15) is 18.8 Å². The van der Waals surface area contributed by atoms with Crippen LogP contribution in [0, 0.1) is 5.82 Å². The molecule has 0 fully saturated rings. The topological polar surface area (TPSA) is 75.3 Å². The largest absolute Gasteiger partial charge is 0.326 e. The zero-order valence-corrected chi connectivity index (χ0v) is 12.6. The average molecular weight is 314 g/mol. The maximum absolute atomic E-state index is 13.9. The average Bonchev–Trinajstić information content (AvgIpc) is 2.49. The molecule has 0 aromatic heterocycles. The lowest BCUT2D eigenvalue weighted by Gasteiger charge is -2.11. The lowest BCUT2D eigenvalue weighted by molar-refractivity contribution is -0.114. The number of benzene rings is 2. The molecule has 2 rings (SSSR count). The van der Waals surface area contributed by atoms with E-state index in [-0.39, 0.29) is 17.3 Å². The van der Waals surface area contributed by atoms with E-state index in [1.165, 1.54) is 26.0 Å². The molecule has 2 N–H and O–H groups in total. The van der Waals surface area contributed by atoms with Gasteiger partial charge in [-0.05, 0) is 37.3 Å². The van der Waals surface area contributed by atoms with Crippen molar-refractivity contribution in [3.8, 4) is 0 Å². The summed E-state index contributed by atoms with van der Waals surface area (Å²) >= 11 is 0. The van der Waals surface area contributed by atoms with Crippen LogP contribution in [-0.2, 0) is 4.79 Å². The fourth-order valence-corrected chi connectivity index (χ4v) is 2.07. The molecule has 0 spiro atoms. The second-order valence-electron chi connectivity index (χ2n) is 4.93. The van der Waals surface area contributed by atoms with Crippen molar-refractivity contribution < 1.29 is 18.8 Å². The van der Waals surface area contributed by atoms with Crippen molar-refractivity contribution in [3.63, 3.8) is 0 Å². The van der Waals surface area contributed by atoms with Gasteiger partial charge in [0.1, 0.15) is 5.82 Å². The van der Waals surface area contributed by atoms with Crippen LogP contribution >= 0.6 is 0 Å². The van der Waals surface area contributed by atoms with E-state index in [1.54, 1.807) is 24.3 Å². The predicted octanol–water partition coefficient (Wildman–Crippen LogP) is 3.24. The lowest BCUT2D eigenvalue weighted by atomic mass is 10.1. The summed E-state index contributed by atoms with van der Waals surface area (Å²) in [5, 5.41) is 5.00. The maximum Gasteiger partial charge on any atom is 0.258 e. The molecule has 0 heterocycles. The number of carbonyl (C=O) groups is 3. The minimum Gasteiger partial charge on any atom is -0.326 e. The van der Waals surface area contributed by atoms with Crippen LogP contribution in [0.4, 0.5) is 15.8 Å². The van der Waals surface area contributed by atoms with Gasteiger partial charge in [0.05, 0.1) is 11.3 Å². The van der Waals surface area contributed by atoms with Crippen LogP contribution in [-0.4, -0.2) is 17.6 Å². The molecule has 0 aliphatic rings. The summed E-state index contributed by atoms with van der Waals surface area (Å²) in [5.41, 5.74) is 0.715. The quantitative estimate of drug-likeness (QED) is 0.851. The number of nitrogens with one attached hydrogen (secondary N) is 2. The number of anilines is 2. The van der Waals surface area contributed by atoms with E-state index < -0.39 is 11.7 Å². The third kappa shape index (κ3) is 4.00. The molecule has 0 unspecified atom stereocenters. The smallest absolute Gasteiger partial charge is 0.258 e. The zero-order valence-electron chi connectivity index (χ0n) is 12.6. The second kappa shape index (κ2) is 6.83. The molecule has 118 valence electrons. The minimum atomic E-state index is -0.725. The van der Waals surface area contributed by atoms with Crippen LogP contribution in [0.1, 0.15) is 34.6 Å². The first-order valence-corrected chi connectivity index (χ1v) is 6.87. The summed E-state index contributed by atoms with van der Waals surface area (Å²) in [7, 11) is 0. The van der Waals surface area contributed by atoms with Crippen molar-refractivity contribution in [3.05, 3.63) is 59.4 Å². The lowest BCUT2D eigenvalue weighted by Crippen LogP contribution is -2.16. The van der Waals surface area contributed by atoms with E-state index in [4.69, 9.17) is 0 Å². The summed E-state index contributed by atoms with van der Waals surface area (Å²) < 4.78 is 13.9. The molecule has 0 saturated heterocycles. The Morgan fingerprint density at radius 3 is 2.26 bits per heavy atom. The first kappa shape index (κ1) is 16.4. The van der Waals surface area contributed by atoms with Gasteiger partial charge in [-0.3, -0.25) is 14.4 Å². The number of carbonyl (C=O) groups excluding carboxylic acids is 3. The highest BCUT2D eigenvalue weighted by molar-refractivity contribution is 6.09. The molecule has 5 nitrogen and oxygen atoms in total. The highest BCUT2D eigenvalue weighted by atomic mass is 19.1. The van der Waals surface area contributed by atoms with Crippen LogP contribution in [0.15, 0.2) is 42.5 Å². The number of halogens is 1. The summed E-state index contributed by atoms with van der Waals surface area (Å²) in [6, 6.07) is 10.2. The van der Waals surface area contributed by atoms with Gasteiger partial charge in [0.25, 0.3) is 5.91 Å². The Morgan fingerprint density at radius 2 is 1.61 bits per heavy atom. The zero-order chi connectivity index (χ0) is 17.0. The van der Waals surface area contributed by atoms with Gasteiger partial charge in [-0.25, -0.2) is 4.39 Å². The molecule has 23 heavy (non-hydrogen) atoms. The number of amides is 2. The Balaban J connectivity index is 2.31. The molecule has 2 amide bonds. The molecule has 2 aromatic rings. The van der Waals surface area contributed by atoms with E-state index in [1.807, 2.05) is 0 Å². The number of ketones is 1. The fraction of sp³-hybridized carbons (Fsp3) is 0.118. The van der Waals surface area contributed by atoms with Crippen LogP contribution in [0.3, 0.4) is 0 Å². The third-order valence-corrected chi connectivity index (χ3v) is 3.09. The van der Waals surface area contributed by atoms with Crippen LogP contribution in [0.25, 0.3) is 0 Å². The molecular weight excluding hydrogens is 299 g/mol. The van der Waals surface area contributed by atoms with Crippen LogP contribution in [0.2, 0.25) is 0 Å². The van der Waals surface area contributed by atoms with Crippen molar-refractivity contribution in [2.45, 2.75) is 13.8 Å². The molecule has 2 aromatic carbocycles. The normalized spacial score (nSPS) is 10.0. The van der Waals surface area contributed by atoms with Crippen LogP contribution in [0.5, 0.6) is 0 Å². The highest BCUT2D eigenvalue weighted by Crippen LogP contribution is 2.20. The van der Waals surface area contributed by atoms with Crippen molar-refractivity contribution in [1.82, 2.24) is 0 Å². The molecule has 6 heteroatoms. The first-order chi connectivity index (χ1) is 10.9. The van der Waals surface area contributed by atoms with E-state index >= 15 is 0 Å². The van der Waals surface area contributed by atoms with Crippen molar-refractivity contribution in [2.24, 2.45) is 0 Å². The Morgan fingerprint density at radius 1 is 0.913 bits per heavy atom. The first-order valence-electron chi connectivity index (χ1n) is 6.87. The van der Waals surface area contributed by atoms with Gasteiger partial charge in [0, 0.05) is 18.2 Å². The molecular formula is C17H15FN2O3. The molecule has 0 atom stereocenters. The molecule has 0 bridgehead atoms. The van der Waals surface area contributed by atoms with Gasteiger partial charge in [-0.2, -0.15) is 0 Å². The number of rotatable bonds is 4. The summed E-state index contributed by atoms with van der Waals surface area (Å²) in [4.78, 5) is 34.9. The molecule has 0 radical (unpaired) electrons. The van der Waals surface area contributed by atoms with Gasteiger partial charge in [0.15, 0.2) is 5.78 Å². The minimum absolute atomic E-state index is 0.214. The van der Waals surface area contributed by atoms with Crippen molar-refractivity contribution in [2.75, 3.05) is 10.6 Å². The van der Waals surface area contributed by atoms with Crippen molar-refractivity contribution in [1.29, 1.82) is 0 Å². The van der Waals surface area contributed by atoms with Gasteiger partial charge < -0.3 is 10.6 Å². The molecule has 0 aliphatic heterocycles. The van der Waals surface area contributed by atoms with E-state index in [0.717, 1.165) is 6.07 Å². The molecule has 0 saturated carbocycles. The standard InChI is InChI=1S/C17H15FN2O3/c1-10(21)13-5-3-4-6-16(13)20-17(23)14-9-12(19-11(2)22)7-8-15(14)18/h3-9H,1-2H3,(H,19,22)(H,20,23). The van der Waals surface area contributed by atoms with Crippen LogP contribution < -0.4 is 10.6 Å². The van der Waals surface area contributed by atoms with E-state index in [0.29, 0.717) is 16.9 Å². The summed E-state index contributed by atoms with van der Waals surface area (Å²) in [6.45, 7) is 2.69. The maximum atomic E-state index is 13.9. The number of hydrogen-bond acceptors (Lipinski definition) is 3. The van der Waals surface area contributed by atoms with Gasteiger partial charge >= 0.3 is 0 Å². The van der Waals surface area contributed by atoms with Gasteiger partial charge in [-0.15, -0.1) is 0 Å². The number of para-hydroxylation sites is 1. The summed E-state index contributed by atoms with van der Waals surface area (Å²) in [5.74, 6) is -1.97. The summed E-state index contributed by atoms with van der Waals surface area (Å²) in [6.07, 6.45) is 0. The Bertz CT molecular complexity index is 787. The van der Waals surface area contributed by atoms with E-state index in [2.05, 4.69) is 10.6 Å². The Labute approximate surface area is 132 Å². The third-order valence-electron chi connectivity index (χ3n) is 3.09. The second-order valence-corrected chi connectivity index (χ2v) is 4.93.